The molecule has 1 aromatic rings. The van der Waals surface area contributed by atoms with Gasteiger partial charge in [-0.15, -0.1) is 0 Å². The highest BCUT2D eigenvalue weighted by molar-refractivity contribution is 5.67. The lowest BCUT2D eigenvalue weighted by atomic mass is 10.1. The zero-order chi connectivity index (χ0) is 13.8. The van der Waals surface area contributed by atoms with Crippen LogP contribution in [0.4, 0.5) is 0 Å². The van der Waals surface area contributed by atoms with Crippen LogP contribution in [0, 0.1) is 0 Å². The molecule has 0 saturated heterocycles. The minimum atomic E-state index is -0.851. The Morgan fingerprint density at radius 1 is 1.58 bits per heavy atom. The molecule has 1 heterocycles. The van der Waals surface area contributed by atoms with Gasteiger partial charge in [0, 0.05) is 25.6 Å². The lowest BCUT2D eigenvalue weighted by molar-refractivity contribution is -0.137. The van der Waals surface area contributed by atoms with E-state index in [0.717, 1.165) is 25.3 Å². The van der Waals surface area contributed by atoms with Crippen LogP contribution in [0.5, 0.6) is 5.75 Å². The Bertz CT molecular complexity index is 462. The number of rotatable bonds is 6. The maximum absolute atomic E-state index is 10.6. The maximum atomic E-state index is 10.6. The van der Waals surface area contributed by atoms with Crippen LogP contribution in [0.1, 0.15) is 17.5 Å². The van der Waals surface area contributed by atoms with E-state index < -0.39 is 5.97 Å². The largest absolute Gasteiger partial charge is 0.493 e. The van der Waals surface area contributed by atoms with Gasteiger partial charge in [0.2, 0.25) is 0 Å². The van der Waals surface area contributed by atoms with Crippen LogP contribution in [-0.4, -0.2) is 42.2 Å². The zero-order valence-corrected chi connectivity index (χ0v) is 11.1. The smallest absolute Gasteiger partial charge is 0.304 e. The summed E-state index contributed by atoms with van der Waals surface area (Å²) in [6.07, 6.45) is 0.966. The quantitative estimate of drug-likeness (QED) is 0.797. The van der Waals surface area contributed by atoms with Crippen molar-refractivity contribution in [3.8, 4) is 5.75 Å². The third kappa shape index (κ3) is 3.94. The average molecular weight is 264 g/mol. The lowest BCUT2D eigenvalue weighted by Crippen LogP contribution is -2.36. The van der Waals surface area contributed by atoms with E-state index in [1.54, 1.807) is 0 Å². The van der Waals surface area contributed by atoms with Crippen LogP contribution < -0.4 is 10.5 Å². The number of carbonyl (C=O) groups is 1. The number of nitrogens with two attached hydrogens (primary N) is 1. The van der Waals surface area contributed by atoms with E-state index in [2.05, 4.69) is 6.07 Å². The fourth-order valence-corrected chi connectivity index (χ4v) is 2.40. The fourth-order valence-electron chi connectivity index (χ4n) is 2.40. The first-order valence-electron chi connectivity index (χ1n) is 6.45. The summed E-state index contributed by atoms with van der Waals surface area (Å²) in [4.78, 5) is 12.6. The number of benzene rings is 1. The summed E-state index contributed by atoms with van der Waals surface area (Å²) in [6.45, 7) is 2.10. The van der Waals surface area contributed by atoms with Gasteiger partial charge in [0.05, 0.1) is 13.0 Å². The first-order valence-corrected chi connectivity index (χ1v) is 6.45. The molecule has 5 heteroatoms. The van der Waals surface area contributed by atoms with Gasteiger partial charge in [-0.05, 0) is 24.2 Å². The minimum Gasteiger partial charge on any atom is -0.493 e. The Labute approximate surface area is 113 Å². The Hall–Kier alpha value is -1.59. The van der Waals surface area contributed by atoms with Gasteiger partial charge in [0.15, 0.2) is 0 Å². The third-order valence-corrected chi connectivity index (χ3v) is 3.19. The highest BCUT2D eigenvalue weighted by Crippen LogP contribution is 2.26. The lowest BCUT2D eigenvalue weighted by Gasteiger charge is -2.20. The summed E-state index contributed by atoms with van der Waals surface area (Å²) in [5, 5.41) is 8.68. The summed E-state index contributed by atoms with van der Waals surface area (Å²) in [7, 11) is 1.95. The van der Waals surface area contributed by atoms with E-state index in [4.69, 9.17) is 15.6 Å². The summed E-state index contributed by atoms with van der Waals surface area (Å²) in [5.74, 6) is 0.129. The van der Waals surface area contributed by atoms with Crippen molar-refractivity contribution in [1.82, 2.24) is 4.90 Å². The van der Waals surface area contributed by atoms with Gasteiger partial charge in [0.1, 0.15) is 5.75 Å². The van der Waals surface area contributed by atoms with Crippen molar-refractivity contribution in [1.29, 1.82) is 0 Å². The Morgan fingerprint density at radius 2 is 2.37 bits per heavy atom. The number of fused-ring (bicyclic) bond motifs is 1. The summed E-state index contributed by atoms with van der Waals surface area (Å²) in [5.41, 5.74) is 8.23. The number of ether oxygens (including phenoxy) is 1. The molecule has 19 heavy (non-hydrogen) atoms. The molecular weight excluding hydrogens is 244 g/mol. The van der Waals surface area contributed by atoms with Crippen molar-refractivity contribution in [2.24, 2.45) is 5.73 Å². The van der Waals surface area contributed by atoms with Gasteiger partial charge in [-0.3, -0.25) is 4.79 Å². The molecule has 2 rings (SSSR count). The van der Waals surface area contributed by atoms with Crippen LogP contribution in [-0.2, 0) is 17.8 Å². The van der Waals surface area contributed by atoms with E-state index in [-0.39, 0.29) is 12.5 Å². The summed E-state index contributed by atoms with van der Waals surface area (Å²) >= 11 is 0. The molecule has 104 valence electrons. The molecule has 0 amide bonds. The third-order valence-electron chi connectivity index (χ3n) is 3.19. The van der Waals surface area contributed by atoms with E-state index in [9.17, 15) is 4.79 Å². The number of likely N-dealkylation sites (N-methyl/N-ethyl adjacent to an activating group) is 1. The Morgan fingerprint density at radius 3 is 3.11 bits per heavy atom. The van der Waals surface area contributed by atoms with Crippen molar-refractivity contribution in [2.75, 3.05) is 20.2 Å². The topological polar surface area (TPSA) is 75.8 Å². The van der Waals surface area contributed by atoms with Crippen LogP contribution in [0.2, 0.25) is 0 Å². The van der Waals surface area contributed by atoms with Gasteiger partial charge >= 0.3 is 5.97 Å². The molecule has 0 fully saturated rings. The first-order chi connectivity index (χ1) is 9.04. The normalized spacial score (nSPS) is 15.1. The van der Waals surface area contributed by atoms with E-state index >= 15 is 0 Å². The highest BCUT2D eigenvalue weighted by Gasteiger charge is 2.14. The van der Waals surface area contributed by atoms with E-state index in [1.165, 1.54) is 11.1 Å². The molecule has 0 spiro atoms. The van der Waals surface area contributed by atoms with Gasteiger partial charge in [0.25, 0.3) is 0 Å². The molecule has 5 nitrogen and oxygen atoms in total. The van der Waals surface area contributed by atoms with Crippen molar-refractivity contribution < 1.29 is 14.6 Å². The number of hydrogen-bond donors (Lipinski definition) is 2. The fraction of sp³-hybridized carbons (Fsp3) is 0.500. The van der Waals surface area contributed by atoms with Crippen molar-refractivity contribution in [3.05, 3.63) is 29.3 Å². The Kier molecular flexibility index (Phi) is 4.39. The highest BCUT2D eigenvalue weighted by atomic mass is 16.5. The predicted molar refractivity (Wildman–Crippen MR) is 72.2 cm³/mol. The molecule has 0 radical (unpaired) electrons. The standard InChI is InChI=1S/C14H20N2O3/c1-16(9-12(15)7-14(17)18)8-10-2-3-13-11(6-10)4-5-19-13/h2-3,6,12H,4-5,7-9,15H2,1H3,(H,17,18). The van der Waals surface area contributed by atoms with Crippen molar-refractivity contribution in [3.63, 3.8) is 0 Å². The van der Waals surface area contributed by atoms with Gasteiger partial charge < -0.3 is 20.5 Å². The van der Waals surface area contributed by atoms with E-state index in [0.29, 0.717) is 6.54 Å². The zero-order valence-electron chi connectivity index (χ0n) is 11.1. The molecule has 1 unspecified atom stereocenters. The minimum absolute atomic E-state index is 0.00235. The van der Waals surface area contributed by atoms with Gasteiger partial charge in [-0.2, -0.15) is 0 Å². The van der Waals surface area contributed by atoms with Gasteiger partial charge in [-0.25, -0.2) is 0 Å². The molecule has 1 atom stereocenters. The molecular formula is C14H20N2O3. The molecule has 0 saturated carbocycles. The summed E-state index contributed by atoms with van der Waals surface area (Å²) < 4.78 is 5.47. The molecule has 3 N–H and O–H groups in total. The molecule has 1 aliphatic heterocycles. The number of nitrogens with zero attached hydrogens (tertiary/aromatic N) is 1. The molecule has 0 aromatic heterocycles. The summed E-state index contributed by atoms with van der Waals surface area (Å²) in [6, 6.07) is 5.87. The van der Waals surface area contributed by atoms with Crippen molar-refractivity contribution >= 4 is 5.97 Å². The number of hydrogen-bond acceptors (Lipinski definition) is 4. The van der Waals surface area contributed by atoms with Crippen LogP contribution in [0.15, 0.2) is 18.2 Å². The number of aliphatic carboxylic acids is 1. The number of carboxylic acid groups (broad SMARTS) is 1. The maximum Gasteiger partial charge on any atom is 0.304 e. The second-order valence-electron chi connectivity index (χ2n) is 5.10. The van der Waals surface area contributed by atoms with Crippen LogP contribution in [0.3, 0.4) is 0 Å². The predicted octanol–water partition coefficient (Wildman–Crippen LogP) is 0.855. The van der Waals surface area contributed by atoms with Crippen molar-refractivity contribution in [2.45, 2.75) is 25.4 Å². The second-order valence-corrected chi connectivity index (χ2v) is 5.10. The second kappa shape index (κ2) is 6.04. The molecule has 0 aliphatic carbocycles. The first kappa shape index (κ1) is 13.8. The Balaban J connectivity index is 1.88. The monoisotopic (exact) mass is 264 g/mol. The van der Waals surface area contributed by atoms with E-state index in [1.807, 2.05) is 24.1 Å². The molecule has 1 aromatic carbocycles. The van der Waals surface area contributed by atoms with Crippen LogP contribution >= 0.6 is 0 Å². The SMILES string of the molecule is CN(Cc1ccc2c(c1)CCO2)CC(N)CC(=O)O. The average Bonchev–Trinajstić information content (AvgIpc) is 2.74. The molecule has 1 aliphatic rings. The number of carboxylic acids is 1. The van der Waals surface area contributed by atoms with Gasteiger partial charge in [-0.1, -0.05) is 12.1 Å². The molecule has 0 bridgehead atoms. The van der Waals surface area contributed by atoms with Crippen LogP contribution in [0.25, 0.3) is 0 Å².